The van der Waals surface area contributed by atoms with Crippen LogP contribution in [0.5, 0.6) is 5.75 Å². The highest BCUT2D eigenvalue weighted by Gasteiger charge is 2.26. The minimum Gasteiger partial charge on any atom is -0.482 e. The molecule has 1 aliphatic rings. The molecule has 1 atom stereocenters. The van der Waals surface area contributed by atoms with Crippen LogP contribution in [-0.2, 0) is 20.8 Å². The molecule has 0 saturated heterocycles. The Labute approximate surface area is 198 Å². The van der Waals surface area contributed by atoms with E-state index in [9.17, 15) is 14.4 Å². The van der Waals surface area contributed by atoms with E-state index in [0.29, 0.717) is 30.9 Å². The first-order valence-corrected chi connectivity index (χ1v) is 11.3. The van der Waals surface area contributed by atoms with Crippen molar-refractivity contribution >= 4 is 34.2 Å². The SMILES string of the molecule is NCCNC(=O)C(Cc1ccc2ccccc2c1)NC(=O)CCN1C(=O)COc2ccccc21. The fraction of sp³-hybridized carbons (Fsp3) is 0.269. The lowest BCUT2D eigenvalue weighted by Crippen LogP contribution is -2.49. The van der Waals surface area contributed by atoms with Crippen LogP contribution in [0.15, 0.2) is 66.7 Å². The van der Waals surface area contributed by atoms with Gasteiger partial charge in [0.05, 0.1) is 5.69 Å². The zero-order chi connectivity index (χ0) is 23.9. The van der Waals surface area contributed by atoms with Crippen molar-refractivity contribution in [3.63, 3.8) is 0 Å². The van der Waals surface area contributed by atoms with Crippen LogP contribution in [0.2, 0.25) is 0 Å². The van der Waals surface area contributed by atoms with E-state index in [4.69, 9.17) is 10.5 Å². The average Bonchev–Trinajstić information content (AvgIpc) is 2.86. The Hall–Kier alpha value is -3.91. The topological polar surface area (TPSA) is 114 Å². The van der Waals surface area contributed by atoms with Crippen LogP contribution in [0.3, 0.4) is 0 Å². The summed E-state index contributed by atoms with van der Waals surface area (Å²) < 4.78 is 5.45. The molecule has 176 valence electrons. The Bertz CT molecular complexity index is 1200. The lowest BCUT2D eigenvalue weighted by Gasteiger charge is -2.29. The molecule has 0 aliphatic carbocycles. The number of nitrogens with zero attached hydrogens (tertiary/aromatic N) is 1. The van der Waals surface area contributed by atoms with Crippen LogP contribution in [-0.4, -0.2) is 50.0 Å². The van der Waals surface area contributed by atoms with Gasteiger partial charge in [0.2, 0.25) is 11.8 Å². The molecule has 3 aromatic carbocycles. The number of carbonyl (C=O) groups excluding carboxylic acids is 3. The lowest BCUT2D eigenvalue weighted by molar-refractivity contribution is -0.129. The molecular formula is C26H28N4O4. The highest BCUT2D eigenvalue weighted by molar-refractivity contribution is 5.98. The molecule has 0 spiro atoms. The molecule has 1 heterocycles. The fourth-order valence-corrected chi connectivity index (χ4v) is 4.01. The van der Waals surface area contributed by atoms with Crippen LogP contribution in [0.4, 0.5) is 5.69 Å². The number of para-hydroxylation sites is 2. The summed E-state index contributed by atoms with van der Waals surface area (Å²) in [5.41, 5.74) is 7.10. The maximum Gasteiger partial charge on any atom is 0.265 e. The third-order valence-corrected chi connectivity index (χ3v) is 5.72. The number of nitrogens with two attached hydrogens (primary N) is 1. The molecule has 4 rings (SSSR count). The van der Waals surface area contributed by atoms with E-state index in [1.807, 2.05) is 54.6 Å². The molecule has 3 amide bonds. The molecule has 0 bridgehead atoms. The summed E-state index contributed by atoms with van der Waals surface area (Å²) in [4.78, 5) is 39.5. The number of rotatable bonds is 9. The number of fused-ring (bicyclic) bond motifs is 2. The number of amides is 3. The maximum absolute atomic E-state index is 12.8. The summed E-state index contributed by atoms with van der Waals surface area (Å²) in [7, 11) is 0. The van der Waals surface area contributed by atoms with Gasteiger partial charge in [-0.1, -0.05) is 54.6 Å². The van der Waals surface area contributed by atoms with Crippen molar-refractivity contribution in [2.75, 3.05) is 31.1 Å². The molecule has 0 aromatic heterocycles. The number of benzene rings is 3. The van der Waals surface area contributed by atoms with Gasteiger partial charge in [0.15, 0.2) is 6.61 Å². The first-order chi connectivity index (χ1) is 16.5. The van der Waals surface area contributed by atoms with E-state index in [1.54, 1.807) is 17.0 Å². The molecule has 0 radical (unpaired) electrons. The highest BCUT2D eigenvalue weighted by Crippen LogP contribution is 2.31. The van der Waals surface area contributed by atoms with Crippen molar-refractivity contribution < 1.29 is 19.1 Å². The van der Waals surface area contributed by atoms with Gasteiger partial charge in [0.1, 0.15) is 11.8 Å². The summed E-state index contributed by atoms with van der Waals surface area (Å²) >= 11 is 0. The molecule has 8 heteroatoms. The molecular weight excluding hydrogens is 432 g/mol. The Kier molecular flexibility index (Phi) is 7.39. The zero-order valence-electron chi connectivity index (χ0n) is 18.8. The van der Waals surface area contributed by atoms with Crippen molar-refractivity contribution in [1.29, 1.82) is 0 Å². The first kappa shape index (κ1) is 23.3. The molecule has 0 saturated carbocycles. The van der Waals surface area contributed by atoms with Gasteiger partial charge in [-0.25, -0.2) is 0 Å². The standard InChI is InChI=1S/C26H28N4O4/c27-12-13-28-26(33)21(16-18-9-10-19-5-1-2-6-20(19)15-18)29-24(31)11-14-30-22-7-3-4-8-23(22)34-17-25(30)32/h1-10,15,21H,11-14,16-17,27H2,(H,28,33)(H,29,31). The van der Waals surface area contributed by atoms with Gasteiger partial charge in [0, 0.05) is 32.5 Å². The van der Waals surface area contributed by atoms with Gasteiger partial charge in [0.25, 0.3) is 5.91 Å². The molecule has 1 unspecified atom stereocenters. The largest absolute Gasteiger partial charge is 0.482 e. The number of hydrogen-bond acceptors (Lipinski definition) is 5. The second kappa shape index (κ2) is 10.8. The maximum atomic E-state index is 12.8. The van der Waals surface area contributed by atoms with Gasteiger partial charge in [-0.3, -0.25) is 14.4 Å². The van der Waals surface area contributed by atoms with Crippen LogP contribution in [0.25, 0.3) is 10.8 Å². The Morgan fingerprint density at radius 1 is 1.03 bits per heavy atom. The third kappa shape index (κ3) is 5.52. The van der Waals surface area contributed by atoms with Crippen LogP contribution < -0.4 is 26.0 Å². The fourth-order valence-electron chi connectivity index (χ4n) is 4.01. The molecule has 34 heavy (non-hydrogen) atoms. The van der Waals surface area contributed by atoms with Crippen LogP contribution in [0.1, 0.15) is 12.0 Å². The quantitative estimate of drug-likeness (QED) is 0.450. The summed E-state index contributed by atoms with van der Waals surface area (Å²) in [6.07, 6.45) is 0.394. The van der Waals surface area contributed by atoms with Gasteiger partial charge >= 0.3 is 0 Å². The van der Waals surface area contributed by atoms with Crippen molar-refractivity contribution in [2.24, 2.45) is 5.73 Å². The van der Waals surface area contributed by atoms with Gasteiger partial charge in [-0.15, -0.1) is 0 Å². The van der Waals surface area contributed by atoms with Crippen molar-refractivity contribution in [2.45, 2.75) is 18.9 Å². The number of hydrogen-bond donors (Lipinski definition) is 3. The Balaban J connectivity index is 1.43. The van der Waals surface area contributed by atoms with E-state index in [-0.39, 0.29) is 37.3 Å². The highest BCUT2D eigenvalue weighted by atomic mass is 16.5. The zero-order valence-corrected chi connectivity index (χ0v) is 18.8. The summed E-state index contributed by atoms with van der Waals surface area (Å²) in [6, 6.07) is 20.4. The average molecular weight is 461 g/mol. The van der Waals surface area contributed by atoms with E-state index in [2.05, 4.69) is 10.6 Å². The van der Waals surface area contributed by atoms with Gasteiger partial charge < -0.3 is 26.0 Å². The molecule has 1 aliphatic heterocycles. The number of anilines is 1. The number of nitrogens with one attached hydrogen (secondary N) is 2. The molecule has 3 aromatic rings. The second-order valence-corrected chi connectivity index (χ2v) is 8.14. The summed E-state index contributed by atoms with van der Waals surface area (Å²) in [5.74, 6) is -0.206. The van der Waals surface area contributed by atoms with Crippen molar-refractivity contribution in [3.8, 4) is 5.75 Å². The van der Waals surface area contributed by atoms with Crippen molar-refractivity contribution in [1.82, 2.24) is 10.6 Å². The normalized spacial score (nSPS) is 13.7. The second-order valence-electron chi connectivity index (χ2n) is 8.14. The molecule has 4 N–H and O–H groups in total. The summed E-state index contributed by atoms with van der Waals surface area (Å²) in [6.45, 7) is 0.756. The van der Waals surface area contributed by atoms with Crippen molar-refractivity contribution in [3.05, 3.63) is 72.3 Å². The minimum absolute atomic E-state index is 0.0540. The van der Waals surface area contributed by atoms with Gasteiger partial charge in [-0.05, 0) is 28.5 Å². The predicted octanol–water partition coefficient (Wildman–Crippen LogP) is 1.76. The van der Waals surface area contributed by atoms with E-state index in [1.165, 1.54) is 0 Å². The lowest BCUT2D eigenvalue weighted by atomic mass is 10.0. The number of carbonyl (C=O) groups is 3. The molecule has 8 nitrogen and oxygen atoms in total. The van der Waals surface area contributed by atoms with E-state index >= 15 is 0 Å². The minimum atomic E-state index is -0.757. The first-order valence-electron chi connectivity index (χ1n) is 11.3. The van der Waals surface area contributed by atoms with E-state index < -0.39 is 6.04 Å². The van der Waals surface area contributed by atoms with Crippen LogP contribution in [0, 0.1) is 0 Å². The van der Waals surface area contributed by atoms with E-state index in [0.717, 1.165) is 16.3 Å². The summed E-state index contributed by atoms with van der Waals surface area (Å²) in [5, 5.41) is 7.77. The van der Waals surface area contributed by atoms with Gasteiger partial charge in [-0.2, -0.15) is 0 Å². The third-order valence-electron chi connectivity index (χ3n) is 5.72. The molecule has 0 fully saturated rings. The predicted molar refractivity (Wildman–Crippen MR) is 131 cm³/mol. The monoisotopic (exact) mass is 460 g/mol. The Morgan fingerprint density at radius 3 is 2.62 bits per heavy atom. The smallest absolute Gasteiger partial charge is 0.265 e. The number of ether oxygens (including phenoxy) is 1. The Morgan fingerprint density at radius 2 is 1.79 bits per heavy atom. The van der Waals surface area contributed by atoms with Crippen LogP contribution >= 0.6 is 0 Å².